The van der Waals surface area contributed by atoms with Crippen LogP contribution in [0.15, 0.2) is 65.6 Å². The van der Waals surface area contributed by atoms with Crippen molar-refractivity contribution in [2.45, 2.75) is 6.54 Å². The smallest absolute Gasteiger partial charge is 0.258 e. The Balaban J connectivity index is 1.82. The summed E-state index contributed by atoms with van der Waals surface area (Å²) < 4.78 is 2.46. The molecule has 0 saturated carbocycles. The predicted octanol–water partition coefficient (Wildman–Crippen LogP) is 3.24. The fourth-order valence-electron chi connectivity index (χ4n) is 2.28. The Bertz CT molecular complexity index is 902. The molecule has 22 heavy (non-hydrogen) atoms. The van der Waals surface area contributed by atoms with Crippen molar-refractivity contribution in [3.63, 3.8) is 0 Å². The van der Waals surface area contributed by atoms with Gasteiger partial charge in [0.2, 0.25) is 5.91 Å². The lowest BCUT2D eigenvalue weighted by molar-refractivity contribution is -0.116. The standard InChI is InChI=1S/C17H13IN2O2/c18-13-5-3-6-14(10-13)19-16(21)11-20-9-8-12-4-1-2-7-15(12)17(20)22/h1-10H,11H2,(H,19,21). The molecule has 0 spiro atoms. The van der Waals surface area contributed by atoms with Gasteiger partial charge in [-0.15, -0.1) is 0 Å². The zero-order valence-electron chi connectivity index (χ0n) is 11.6. The van der Waals surface area contributed by atoms with Crippen LogP contribution in [0.2, 0.25) is 0 Å². The quantitative estimate of drug-likeness (QED) is 0.682. The normalized spacial score (nSPS) is 10.6. The van der Waals surface area contributed by atoms with E-state index in [1.54, 1.807) is 12.3 Å². The molecule has 1 amide bonds. The van der Waals surface area contributed by atoms with Crippen LogP contribution >= 0.6 is 22.6 Å². The summed E-state index contributed by atoms with van der Waals surface area (Å²) in [5, 5.41) is 4.30. The zero-order chi connectivity index (χ0) is 15.5. The van der Waals surface area contributed by atoms with Crippen molar-refractivity contribution < 1.29 is 4.79 Å². The minimum atomic E-state index is -0.223. The summed E-state index contributed by atoms with van der Waals surface area (Å²) in [5.74, 6) is -0.223. The Labute approximate surface area is 140 Å². The monoisotopic (exact) mass is 404 g/mol. The molecule has 0 radical (unpaired) electrons. The van der Waals surface area contributed by atoms with Crippen molar-refractivity contribution in [3.05, 3.63) is 74.7 Å². The molecule has 0 fully saturated rings. The summed E-state index contributed by atoms with van der Waals surface area (Å²) in [6.45, 7) is -0.00482. The molecule has 3 rings (SSSR count). The molecule has 3 aromatic rings. The summed E-state index contributed by atoms with van der Waals surface area (Å²) in [5.41, 5.74) is 0.571. The highest BCUT2D eigenvalue weighted by Gasteiger charge is 2.07. The van der Waals surface area contributed by atoms with Crippen molar-refractivity contribution in [3.8, 4) is 0 Å². The number of aromatic nitrogens is 1. The van der Waals surface area contributed by atoms with Gasteiger partial charge in [0.1, 0.15) is 6.54 Å². The Morgan fingerprint density at radius 3 is 2.73 bits per heavy atom. The van der Waals surface area contributed by atoms with Gasteiger partial charge in [0, 0.05) is 20.8 Å². The fourth-order valence-corrected chi connectivity index (χ4v) is 2.82. The minimum absolute atomic E-state index is 0.00482. The van der Waals surface area contributed by atoms with E-state index in [9.17, 15) is 9.59 Å². The van der Waals surface area contributed by atoms with E-state index in [1.165, 1.54) is 4.57 Å². The second-order valence-electron chi connectivity index (χ2n) is 4.89. The highest BCUT2D eigenvalue weighted by atomic mass is 127. The van der Waals surface area contributed by atoms with E-state index in [0.717, 1.165) is 14.6 Å². The lowest BCUT2D eigenvalue weighted by atomic mass is 10.2. The number of pyridine rings is 1. The van der Waals surface area contributed by atoms with Crippen LogP contribution in [0.5, 0.6) is 0 Å². The predicted molar refractivity (Wildman–Crippen MR) is 96.0 cm³/mol. The SMILES string of the molecule is O=C(Cn1ccc2ccccc2c1=O)Nc1cccc(I)c1. The van der Waals surface area contributed by atoms with Gasteiger partial charge in [0.05, 0.1) is 0 Å². The number of amides is 1. The van der Waals surface area contributed by atoms with E-state index in [1.807, 2.05) is 48.5 Å². The van der Waals surface area contributed by atoms with Gasteiger partial charge in [-0.05, 0) is 58.3 Å². The highest BCUT2D eigenvalue weighted by Crippen LogP contribution is 2.12. The minimum Gasteiger partial charge on any atom is -0.325 e. The van der Waals surface area contributed by atoms with E-state index >= 15 is 0 Å². The molecule has 110 valence electrons. The number of hydrogen-bond donors (Lipinski definition) is 1. The van der Waals surface area contributed by atoms with Crippen LogP contribution in [0.3, 0.4) is 0 Å². The Morgan fingerprint density at radius 2 is 1.91 bits per heavy atom. The third-order valence-corrected chi connectivity index (χ3v) is 3.98. The van der Waals surface area contributed by atoms with Crippen LogP contribution in [0.1, 0.15) is 0 Å². The van der Waals surface area contributed by atoms with Crippen LogP contribution in [0, 0.1) is 3.57 Å². The number of fused-ring (bicyclic) bond motifs is 1. The summed E-state index contributed by atoms with van der Waals surface area (Å²) in [6, 6.07) is 16.7. The molecule has 1 aromatic heterocycles. The molecule has 1 N–H and O–H groups in total. The van der Waals surface area contributed by atoms with Gasteiger partial charge in [0.15, 0.2) is 0 Å². The number of rotatable bonds is 3. The number of anilines is 1. The van der Waals surface area contributed by atoms with Crippen LogP contribution < -0.4 is 10.9 Å². The van der Waals surface area contributed by atoms with Gasteiger partial charge >= 0.3 is 0 Å². The summed E-state index contributed by atoms with van der Waals surface area (Å²) in [4.78, 5) is 24.5. The second kappa shape index (κ2) is 6.31. The molecule has 0 aliphatic heterocycles. The molecule has 0 aliphatic carbocycles. The van der Waals surface area contributed by atoms with Gasteiger partial charge in [-0.1, -0.05) is 24.3 Å². The van der Waals surface area contributed by atoms with Gasteiger partial charge < -0.3 is 9.88 Å². The van der Waals surface area contributed by atoms with Crippen LogP contribution in [0.25, 0.3) is 10.8 Å². The summed E-state index contributed by atoms with van der Waals surface area (Å²) in [7, 11) is 0. The van der Waals surface area contributed by atoms with E-state index < -0.39 is 0 Å². The van der Waals surface area contributed by atoms with Gasteiger partial charge in [-0.2, -0.15) is 0 Å². The first-order chi connectivity index (χ1) is 10.6. The molecule has 5 heteroatoms. The number of benzene rings is 2. The van der Waals surface area contributed by atoms with E-state index in [4.69, 9.17) is 0 Å². The maximum Gasteiger partial charge on any atom is 0.258 e. The summed E-state index contributed by atoms with van der Waals surface area (Å²) in [6.07, 6.45) is 1.65. The third-order valence-electron chi connectivity index (χ3n) is 3.31. The number of carbonyl (C=O) groups is 1. The molecule has 4 nitrogen and oxygen atoms in total. The van der Waals surface area contributed by atoms with Gasteiger partial charge in [0.25, 0.3) is 5.56 Å². The van der Waals surface area contributed by atoms with Crippen molar-refractivity contribution in [2.24, 2.45) is 0 Å². The second-order valence-corrected chi connectivity index (χ2v) is 6.14. The Kier molecular flexibility index (Phi) is 4.24. The molecule has 1 heterocycles. The average molecular weight is 404 g/mol. The maximum atomic E-state index is 12.4. The zero-order valence-corrected chi connectivity index (χ0v) is 13.8. The van der Waals surface area contributed by atoms with E-state index in [-0.39, 0.29) is 18.0 Å². The Morgan fingerprint density at radius 1 is 1.09 bits per heavy atom. The largest absolute Gasteiger partial charge is 0.325 e. The van der Waals surface area contributed by atoms with Crippen LogP contribution in [-0.2, 0) is 11.3 Å². The summed E-state index contributed by atoms with van der Waals surface area (Å²) >= 11 is 2.18. The van der Waals surface area contributed by atoms with Crippen molar-refractivity contribution in [1.29, 1.82) is 0 Å². The molecule has 2 aromatic carbocycles. The van der Waals surface area contributed by atoms with E-state index in [2.05, 4.69) is 27.9 Å². The lowest BCUT2D eigenvalue weighted by Crippen LogP contribution is -2.27. The third kappa shape index (κ3) is 3.19. The van der Waals surface area contributed by atoms with Crippen LogP contribution in [-0.4, -0.2) is 10.5 Å². The van der Waals surface area contributed by atoms with E-state index in [0.29, 0.717) is 5.39 Å². The number of nitrogens with one attached hydrogen (secondary N) is 1. The molecular formula is C17H13IN2O2. The lowest BCUT2D eigenvalue weighted by Gasteiger charge is -2.08. The highest BCUT2D eigenvalue weighted by molar-refractivity contribution is 14.1. The van der Waals surface area contributed by atoms with Crippen molar-refractivity contribution in [2.75, 3.05) is 5.32 Å². The molecule has 0 unspecified atom stereocenters. The number of hydrogen-bond acceptors (Lipinski definition) is 2. The number of nitrogens with zero attached hydrogens (tertiary/aromatic N) is 1. The first-order valence-corrected chi connectivity index (χ1v) is 7.85. The maximum absolute atomic E-state index is 12.4. The van der Waals surface area contributed by atoms with Crippen LogP contribution in [0.4, 0.5) is 5.69 Å². The molecule has 0 saturated heterocycles. The van der Waals surface area contributed by atoms with Gasteiger partial charge in [-0.25, -0.2) is 0 Å². The Hall–Kier alpha value is -2.15. The molecule has 0 bridgehead atoms. The molecular weight excluding hydrogens is 391 g/mol. The van der Waals surface area contributed by atoms with Gasteiger partial charge in [-0.3, -0.25) is 9.59 Å². The number of halogens is 1. The molecule has 0 atom stereocenters. The molecule has 0 aliphatic rings. The number of carbonyl (C=O) groups excluding carboxylic acids is 1. The first-order valence-electron chi connectivity index (χ1n) is 6.77. The first kappa shape index (κ1) is 14.8. The van der Waals surface area contributed by atoms with Crippen molar-refractivity contribution in [1.82, 2.24) is 4.57 Å². The topological polar surface area (TPSA) is 51.1 Å². The average Bonchev–Trinajstić information content (AvgIpc) is 2.50. The fraction of sp³-hybridized carbons (Fsp3) is 0.0588. The van der Waals surface area contributed by atoms with Crippen molar-refractivity contribution >= 4 is 45.0 Å².